The van der Waals surface area contributed by atoms with Gasteiger partial charge in [0.25, 0.3) is 5.91 Å². The number of carbonyl (C=O) groups excluding carboxylic acids is 1. The van der Waals surface area contributed by atoms with Crippen LogP contribution < -0.4 is 11.1 Å². The molecule has 0 bridgehead atoms. The lowest BCUT2D eigenvalue weighted by atomic mass is 9.92. The highest BCUT2D eigenvalue weighted by atomic mass is 35.5. The van der Waals surface area contributed by atoms with Crippen LogP contribution in [0.2, 0.25) is 0 Å². The lowest BCUT2D eigenvalue weighted by Crippen LogP contribution is -2.53. The first-order valence-electron chi connectivity index (χ1n) is 6.02. The van der Waals surface area contributed by atoms with Crippen LogP contribution in [0, 0.1) is 6.92 Å². The number of rotatable bonds is 5. The first kappa shape index (κ1) is 20.5. The lowest BCUT2D eigenvalue weighted by Gasteiger charge is -2.31. The third-order valence-electron chi connectivity index (χ3n) is 3.35. The molecule has 110 valence electrons. The summed E-state index contributed by atoms with van der Waals surface area (Å²) in [4.78, 5) is 16.2. The van der Waals surface area contributed by atoms with Crippen LogP contribution in [0.3, 0.4) is 0 Å². The van der Waals surface area contributed by atoms with Crippen LogP contribution in [0.1, 0.15) is 42.7 Å². The molecule has 6 heteroatoms. The van der Waals surface area contributed by atoms with E-state index in [0.717, 1.165) is 18.4 Å². The van der Waals surface area contributed by atoms with Crippen molar-refractivity contribution in [2.45, 2.75) is 39.2 Å². The minimum Gasteiger partial charge on any atom is -0.344 e. The van der Waals surface area contributed by atoms with Crippen molar-refractivity contribution < 1.29 is 4.79 Å². The van der Waals surface area contributed by atoms with Crippen LogP contribution in [0.4, 0.5) is 0 Å². The van der Waals surface area contributed by atoms with E-state index in [1.54, 1.807) is 6.20 Å². The highest BCUT2D eigenvalue weighted by Crippen LogP contribution is 2.14. The van der Waals surface area contributed by atoms with Gasteiger partial charge in [0, 0.05) is 12.7 Å². The molecule has 0 spiro atoms. The Hall–Kier alpha value is -0.840. The Labute approximate surface area is 127 Å². The van der Waals surface area contributed by atoms with E-state index < -0.39 is 0 Å². The molecule has 0 aliphatic carbocycles. The van der Waals surface area contributed by atoms with Crippen molar-refractivity contribution in [3.8, 4) is 0 Å². The molecule has 0 saturated heterocycles. The molecule has 3 N–H and O–H groups in total. The molecule has 0 aliphatic heterocycles. The van der Waals surface area contributed by atoms with Gasteiger partial charge in [-0.2, -0.15) is 0 Å². The predicted octanol–water partition coefficient (Wildman–Crippen LogP) is 2.48. The summed E-state index contributed by atoms with van der Waals surface area (Å²) >= 11 is 0. The quantitative estimate of drug-likeness (QED) is 0.878. The maximum absolute atomic E-state index is 12.1. The molecule has 1 amide bonds. The molecular weight excluding hydrogens is 285 g/mol. The zero-order valence-electron chi connectivity index (χ0n) is 11.6. The molecule has 1 aromatic rings. The molecule has 4 nitrogen and oxygen atoms in total. The normalized spacial score (nSPS) is 10.1. The van der Waals surface area contributed by atoms with Crippen LogP contribution >= 0.6 is 24.8 Å². The molecule has 0 unspecified atom stereocenters. The summed E-state index contributed by atoms with van der Waals surface area (Å²) in [5, 5.41) is 3.01. The van der Waals surface area contributed by atoms with Gasteiger partial charge >= 0.3 is 0 Å². The molecular formula is C13H23Cl2N3O. The third-order valence-corrected chi connectivity index (χ3v) is 3.35. The van der Waals surface area contributed by atoms with Crippen molar-refractivity contribution >= 4 is 30.7 Å². The van der Waals surface area contributed by atoms with Gasteiger partial charge in [-0.1, -0.05) is 19.9 Å². The maximum Gasteiger partial charge on any atom is 0.270 e. The smallest absolute Gasteiger partial charge is 0.270 e. The van der Waals surface area contributed by atoms with E-state index in [4.69, 9.17) is 5.73 Å². The average molecular weight is 308 g/mol. The zero-order chi connectivity index (χ0) is 12.9. The van der Waals surface area contributed by atoms with Gasteiger partial charge in [0.1, 0.15) is 5.69 Å². The molecule has 1 aromatic heterocycles. The molecule has 1 rings (SSSR count). The first-order chi connectivity index (χ1) is 8.08. The number of carbonyl (C=O) groups is 1. The molecule has 0 fully saturated rings. The minimum absolute atomic E-state index is 0. The second-order valence-corrected chi connectivity index (χ2v) is 4.31. The average Bonchev–Trinajstić information content (AvgIpc) is 2.36. The summed E-state index contributed by atoms with van der Waals surface area (Å²) in [5.74, 6) is -0.141. The van der Waals surface area contributed by atoms with E-state index in [-0.39, 0.29) is 36.3 Å². The predicted molar refractivity (Wildman–Crippen MR) is 83.3 cm³/mol. The van der Waals surface area contributed by atoms with E-state index in [0.29, 0.717) is 12.2 Å². The van der Waals surface area contributed by atoms with Crippen LogP contribution in [0.5, 0.6) is 0 Å². The fourth-order valence-corrected chi connectivity index (χ4v) is 1.79. The van der Waals surface area contributed by atoms with Crippen molar-refractivity contribution in [1.29, 1.82) is 0 Å². The van der Waals surface area contributed by atoms with Gasteiger partial charge in [0.05, 0.1) is 5.54 Å². The number of aromatic nitrogens is 1. The van der Waals surface area contributed by atoms with Gasteiger partial charge in [0.2, 0.25) is 0 Å². The van der Waals surface area contributed by atoms with E-state index in [9.17, 15) is 4.79 Å². The number of nitrogens with two attached hydrogens (primary N) is 1. The lowest BCUT2D eigenvalue weighted by molar-refractivity contribution is 0.0889. The second kappa shape index (κ2) is 9.13. The van der Waals surface area contributed by atoms with E-state index >= 15 is 0 Å². The zero-order valence-corrected chi connectivity index (χ0v) is 13.2. The number of hydrogen-bond donors (Lipinski definition) is 2. The fourth-order valence-electron chi connectivity index (χ4n) is 1.79. The van der Waals surface area contributed by atoms with Crippen molar-refractivity contribution in [2.24, 2.45) is 5.73 Å². The number of nitrogens with zero attached hydrogens (tertiary/aromatic N) is 1. The van der Waals surface area contributed by atoms with E-state index in [1.165, 1.54) is 0 Å². The van der Waals surface area contributed by atoms with Crippen LogP contribution in [-0.4, -0.2) is 23.0 Å². The second-order valence-electron chi connectivity index (χ2n) is 4.31. The summed E-state index contributed by atoms with van der Waals surface area (Å²) in [6.45, 7) is 6.38. The van der Waals surface area contributed by atoms with Crippen LogP contribution in [-0.2, 0) is 0 Å². The number of amides is 1. The van der Waals surface area contributed by atoms with Gasteiger partial charge in [-0.05, 0) is 31.4 Å². The number of pyridine rings is 1. The van der Waals surface area contributed by atoms with Gasteiger partial charge in [-0.25, -0.2) is 0 Å². The summed E-state index contributed by atoms with van der Waals surface area (Å²) in [5.41, 5.74) is 6.80. The first-order valence-corrected chi connectivity index (χ1v) is 6.02. The van der Waals surface area contributed by atoms with Crippen molar-refractivity contribution in [3.05, 3.63) is 29.6 Å². The van der Waals surface area contributed by atoms with Crippen molar-refractivity contribution in [1.82, 2.24) is 10.3 Å². The Bertz CT molecular complexity index is 387. The molecule has 0 aromatic carbocycles. The summed E-state index contributed by atoms with van der Waals surface area (Å²) in [6.07, 6.45) is 3.26. The third kappa shape index (κ3) is 4.97. The SMILES string of the molecule is CCC(CC)(CN)NC(=O)c1ncccc1C.Cl.Cl. The molecule has 0 aliphatic rings. The van der Waals surface area contributed by atoms with Gasteiger partial charge in [-0.15, -0.1) is 24.8 Å². The molecule has 19 heavy (non-hydrogen) atoms. The Morgan fingerprint density at radius 1 is 1.37 bits per heavy atom. The molecule has 0 saturated carbocycles. The number of halogens is 2. The minimum atomic E-state index is -0.318. The Balaban J connectivity index is 0. The Morgan fingerprint density at radius 3 is 2.37 bits per heavy atom. The summed E-state index contributed by atoms with van der Waals surface area (Å²) < 4.78 is 0. The monoisotopic (exact) mass is 307 g/mol. The molecule has 0 atom stereocenters. The number of hydrogen-bond acceptors (Lipinski definition) is 3. The highest BCUT2D eigenvalue weighted by molar-refractivity contribution is 5.94. The standard InChI is InChI=1S/C13H21N3O.2ClH/c1-4-13(5-2,9-14)16-12(17)11-10(3)7-6-8-15-11;;/h6-8H,4-5,9,14H2,1-3H3,(H,16,17);2*1H. The summed E-state index contributed by atoms with van der Waals surface area (Å²) in [6, 6.07) is 3.70. The summed E-state index contributed by atoms with van der Waals surface area (Å²) in [7, 11) is 0. The van der Waals surface area contributed by atoms with Gasteiger partial charge < -0.3 is 11.1 Å². The largest absolute Gasteiger partial charge is 0.344 e. The fraction of sp³-hybridized carbons (Fsp3) is 0.538. The van der Waals surface area contributed by atoms with Crippen molar-refractivity contribution in [3.63, 3.8) is 0 Å². The van der Waals surface area contributed by atoms with Gasteiger partial charge in [0.15, 0.2) is 0 Å². The number of nitrogens with one attached hydrogen (secondary N) is 1. The van der Waals surface area contributed by atoms with Crippen LogP contribution in [0.15, 0.2) is 18.3 Å². The topological polar surface area (TPSA) is 68.0 Å². The van der Waals surface area contributed by atoms with Crippen LogP contribution in [0.25, 0.3) is 0 Å². The highest BCUT2D eigenvalue weighted by Gasteiger charge is 2.27. The van der Waals surface area contributed by atoms with E-state index in [2.05, 4.69) is 10.3 Å². The molecule has 0 radical (unpaired) electrons. The van der Waals surface area contributed by atoms with E-state index in [1.807, 2.05) is 32.9 Å². The van der Waals surface area contributed by atoms with Gasteiger partial charge in [-0.3, -0.25) is 9.78 Å². The Morgan fingerprint density at radius 2 is 1.95 bits per heavy atom. The number of aryl methyl sites for hydroxylation is 1. The van der Waals surface area contributed by atoms with Crippen molar-refractivity contribution in [2.75, 3.05) is 6.54 Å². The maximum atomic E-state index is 12.1. The Kier molecular flexibility index (Phi) is 9.84. The molecule has 1 heterocycles.